The number of hydrogen-bond donors (Lipinski definition) is 2. The Kier molecular flexibility index (Phi) is 8.78. The molecule has 0 radical (unpaired) electrons. The van der Waals surface area contributed by atoms with Crippen molar-refractivity contribution in [2.75, 3.05) is 0 Å². The summed E-state index contributed by atoms with van der Waals surface area (Å²) in [4.78, 5) is 2.61. The molecule has 112 valence electrons. The van der Waals surface area contributed by atoms with Gasteiger partial charge in [0.2, 0.25) is 0 Å². The van der Waals surface area contributed by atoms with E-state index in [0.717, 1.165) is 12.8 Å². The van der Waals surface area contributed by atoms with Crippen LogP contribution >= 0.6 is 22.7 Å². The summed E-state index contributed by atoms with van der Waals surface area (Å²) >= 11 is 3.49. The van der Waals surface area contributed by atoms with Gasteiger partial charge in [-0.3, -0.25) is 0 Å². The van der Waals surface area contributed by atoms with Gasteiger partial charge in [-0.15, -0.1) is 22.7 Å². The SMILES string of the molecule is CCC(N)c1cccs1.CCCCC(N)c1cccs1. The lowest BCUT2D eigenvalue weighted by Crippen LogP contribution is -2.07. The van der Waals surface area contributed by atoms with Crippen LogP contribution in [0.15, 0.2) is 35.0 Å². The van der Waals surface area contributed by atoms with Gasteiger partial charge >= 0.3 is 0 Å². The minimum Gasteiger partial charge on any atom is -0.323 e. The van der Waals surface area contributed by atoms with Crippen molar-refractivity contribution in [3.05, 3.63) is 44.8 Å². The standard InChI is InChI=1S/C9H15NS.C7H11NS/c1-2-3-5-8(10)9-6-4-7-11-9;1-2-6(8)7-4-3-5-9-7/h4,6-8H,2-3,5,10H2,1H3;3-6H,2,8H2,1H3. The van der Waals surface area contributed by atoms with E-state index >= 15 is 0 Å². The molecule has 0 aliphatic rings. The molecule has 2 heterocycles. The zero-order valence-electron chi connectivity index (χ0n) is 12.4. The van der Waals surface area contributed by atoms with Crippen LogP contribution in [0.5, 0.6) is 0 Å². The quantitative estimate of drug-likeness (QED) is 0.780. The van der Waals surface area contributed by atoms with Crippen LogP contribution in [0.3, 0.4) is 0 Å². The van der Waals surface area contributed by atoms with E-state index in [4.69, 9.17) is 11.5 Å². The molecule has 0 fully saturated rings. The highest BCUT2D eigenvalue weighted by molar-refractivity contribution is 7.10. The highest BCUT2D eigenvalue weighted by Crippen LogP contribution is 2.21. The van der Waals surface area contributed by atoms with E-state index in [1.807, 2.05) is 6.07 Å². The first-order valence-electron chi connectivity index (χ1n) is 7.27. The van der Waals surface area contributed by atoms with E-state index in [9.17, 15) is 0 Å². The Bertz CT molecular complexity index is 423. The van der Waals surface area contributed by atoms with Gasteiger partial charge in [0.15, 0.2) is 0 Å². The third kappa shape index (κ3) is 6.18. The Morgan fingerprint density at radius 3 is 1.90 bits per heavy atom. The molecule has 4 N–H and O–H groups in total. The lowest BCUT2D eigenvalue weighted by molar-refractivity contribution is 0.611. The predicted octanol–water partition coefficient (Wildman–Crippen LogP) is 5.10. The van der Waals surface area contributed by atoms with Crippen LogP contribution in [0.2, 0.25) is 0 Å². The van der Waals surface area contributed by atoms with E-state index in [2.05, 4.69) is 42.8 Å². The Balaban J connectivity index is 0.000000204. The Labute approximate surface area is 130 Å². The maximum atomic E-state index is 5.94. The minimum atomic E-state index is 0.255. The highest BCUT2D eigenvalue weighted by atomic mass is 32.1. The molecule has 2 nitrogen and oxygen atoms in total. The van der Waals surface area contributed by atoms with Crippen LogP contribution < -0.4 is 11.5 Å². The van der Waals surface area contributed by atoms with Crippen molar-refractivity contribution < 1.29 is 0 Å². The maximum absolute atomic E-state index is 5.94. The van der Waals surface area contributed by atoms with Crippen LogP contribution in [0.1, 0.15) is 61.4 Å². The molecule has 0 aliphatic carbocycles. The first-order valence-corrected chi connectivity index (χ1v) is 9.02. The molecule has 2 unspecified atom stereocenters. The molecule has 0 aromatic carbocycles. The number of unbranched alkanes of at least 4 members (excludes halogenated alkanes) is 1. The van der Waals surface area contributed by atoms with Crippen LogP contribution in [-0.2, 0) is 0 Å². The minimum absolute atomic E-state index is 0.255. The van der Waals surface area contributed by atoms with Gasteiger partial charge in [-0.25, -0.2) is 0 Å². The van der Waals surface area contributed by atoms with Crippen molar-refractivity contribution in [1.82, 2.24) is 0 Å². The van der Waals surface area contributed by atoms with E-state index in [-0.39, 0.29) is 12.1 Å². The molecule has 2 aromatic heterocycles. The summed E-state index contributed by atoms with van der Waals surface area (Å²) in [6.07, 6.45) is 4.62. The van der Waals surface area contributed by atoms with Gasteiger partial charge in [-0.2, -0.15) is 0 Å². The molecule has 2 rings (SSSR count). The largest absolute Gasteiger partial charge is 0.323 e. The van der Waals surface area contributed by atoms with Gasteiger partial charge in [-0.1, -0.05) is 38.8 Å². The molecule has 0 bridgehead atoms. The smallest absolute Gasteiger partial charge is 0.0389 e. The summed E-state index contributed by atoms with van der Waals surface area (Å²) in [6.45, 7) is 4.30. The molecular weight excluding hydrogens is 284 g/mol. The zero-order valence-corrected chi connectivity index (χ0v) is 14.1. The lowest BCUT2D eigenvalue weighted by atomic mass is 10.1. The van der Waals surface area contributed by atoms with Crippen molar-refractivity contribution in [3.63, 3.8) is 0 Å². The van der Waals surface area contributed by atoms with Gasteiger partial charge in [0.1, 0.15) is 0 Å². The van der Waals surface area contributed by atoms with Crippen LogP contribution in [0.4, 0.5) is 0 Å². The first kappa shape index (κ1) is 17.4. The first-order chi connectivity index (χ1) is 9.69. The molecule has 0 amide bonds. The monoisotopic (exact) mass is 310 g/mol. The summed E-state index contributed by atoms with van der Waals surface area (Å²) in [6, 6.07) is 8.82. The number of rotatable bonds is 6. The van der Waals surface area contributed by atoms with Crippen LogP contribution in [-0.4, -0.2) is 0 Å². The second-order valence-corrected chi connectivity index (χ2v) is 6.75. The van der Waals surface area contributed by atoms with Gasteiger partial charge in [0, 0.05) is 21.8 Å². The van der Waals surface area contributed by atoms with Crippen LogP contribution in [0.25, 0.3) is 0 Å². The van der Waals surface area contributed by atoms with Gasteiger partial charge in [-0.05, 0) is 35.7 Å². The summed E-state index contributed by atoms with van der Waals surface area (Å²) < 4.78 is 0. The normalized spacial score (nSPS) is 13.4. The fraction of sp³-hybridized carbons (Fsp3) is 0.500. The Morgan fingerprint density at radius 1 is 0.950 bits per heavy atom. The van der Waals surface area contributed by atoms with Crippen LogP contribution in [0, 0.1) is 0 Å². The van der Waals surface area contributed by atoms with Crippen molar-refractivity contribution in [3.8, 4) is 0 Å². The summed E-state index contributed by atoms with van der Waals surface area (Å²) in [5, 5.41) is 4.14. The molecular formula is C16H26N2S2. The third-order valence-electron chi connectivity index (χ3n) is 3.13. The molecule has 0 spiro atoms. The second-order valence-electron chi connectivity index (χ2n) is 4.79. The Morgan fingerprint density at radius 2 is 1.50 bits per heavy atom. The van der Waals surface area contributed by atoms with Gasteiger partial charge in [0.25, 0.3) is 0 Å². The van der Waals surface area contributed by atoms with Crippen molar-refractivity contribution in [2.45, 2.75) is 51.6 Å². The van der Waals surface area contributed by atoms with E-state index in [1.54, 1.807) is 22.7 Å². The number of nitrogens with two attached hydrogens (primary N) is 2. The molecule has 2 aromatic rings. The average molecular weight is 311 g/mol. The Hall–Kier alpha value is -0.680. The average Bonchev–Trinajstić information content (AvgIpc) is 3.16. The molecule has 0 saturated heterocycles. The molecule has 2 atom stereocenters. The predicted molar refractivity (Wildman–Crippen MR) is 92.3 cm³/mol. The molecule has 20 heavy (non-hydrogen) atoms. The number of hydrogen-bond acceptors (Lipinski definition) is 4. The van der Waals surface area contributed by atoms with Crippen molar-refractivity contribution in [1.29, 1.82) is 0 Å². The summed E-state index contributed by atoms with van der Waals surface area (Å²) in [5.41, 5.74) is 11.7. The van der Waals surface area contributed by atoms with Crippen molar-refractivity contribution >= 4 is 22.7 Å². The molecule has 0 aliphatic heterocycles. The maximum Gasteiger partial charge on any atom is 0.0389 e. The zero-order chi connectivity index (χ0) is 14.8. The topological polar surface area (TPSA) is 52.0 Å². The van der Waals surface area contributed by atoms with Gasteiger partial charge < -0.3 is 11.5 Å². The summed E-state index contributed by atoms with van der Waals surface area (Å²) in [7, 11) is 0. The fourth-order valence-electron chi connectivity index (χ4n) is 1.77. The highest BCUT2D eigenvalue weighted by Gasteiger charge is 2.04. The van der Waals surface area contributed by atoms with Crippen molar-refractivity contribution in [2.24, 2.45) is 11.5 Å². The van der Waals surface area contributed by atoms with E-state index in [0.29, 0.717) is 0 Å². The van der Waals surface area contributed by atoms with E-state index < -0.39 is 0 Å². The molecule has 4 heteroatoms. The fourth-order valence-corrected chi connectivity index (χ4v) is 3.35. The third-order valence-corrected chi connectivity index (χ3v) is 5.13. The molecule has 0 saturated carbocycles. The second kappa shape index (κ2) is 10.1. The number of thiophene rings is 2. The van der Waals surface area contributed by atoms with Gasteiger partial charge in [0.05, 0.1) is 0 Å². The lowest BCUT2D eigenvalue weighted by Gasteiger charge is -2.07. The summed E-state index contributed by atoms with van der Waals surface area (Å²) in [5.74, 6) is 0. The van der Waals surface area contributed by atoms with E-state index in [1.165, 1.54) is 22.6 Å².